The van der Waals surface area contributed by atoms with E-state index in [1.807, 2.05) is 6.20 Å². The maximum absolute atomic E-state index is 4.07. The summed E-state index contributed by atoms with van der Waals surface area (Å²) in [5.74, 6) is 0.652. The summed E-state index contributed by atoms with van der Waals surface area (Å²) in [7, 11) is 0. The third kappa shape index (κ3) is 1.05. The van der Waals surface area contributed by atoms with Gasteiger partial charge in [0.2, 0.25) is 0 Å². The van der Waals surface area contributed by atoms with Crippen LogP contribution in [0.5, 0.6) is 0 Å². The second-order valence-corrected chi connectivity index (χ2v) is 3.81. The van der Waals surface area contributed by atoms with Crippen LogP contribution in [0.3, 0.4) is 0 Å². The highest BCUT2D eigenvalue weighted by atomic mass is 15.1. The average molecular weight is 172 g/mol. The van der Waals surface area contributed by atoms with Gasteiger partial charge in [0.1, 0.15) is 0 Å². The molecule has 1 aromatic heterocycles. The largest absolute Gasteiger partial charge is 0.278 e. The van der Waals surface area contributed by atoms with Gasteiger partial charge in [-0.2, -0.15) is 5.10 Å². The van der Waals surface area contributed by atoms with Crippen molar-refractivity contribution in [1.82, 2.24) is 10.2 Å². The minimum atomic E-state index is 0.652. The summed E-state index contributed by atoms with van der Waals surface area (Å²) < 4.78 is 0. The van der Waals surface area contributed by atoms with Gasteiger partial charge in [0.25, 0.3) is 0 Å². The van der Waals surface area contributed by atoms with Gasteiger partial charge in [-0.15, -0.1) is 0 Å². The van der Waals surface area contributed by atoms with Crippen molar-refractivity contribution in [2.75, 3.05) is 0 Å². The lowest BCUT2D eigenvalue weighted by atomic mass is 9.81. The van der Waals surface area contributed by atoms with Crippen molar-refractivity contribution in [2.45, 2.75) is 19.3 Å². The van der Waals surface area contributed by atoms with Crippen LogP contribution in [-0.2, 0) is 6.42 Å². The normalized spacial score (nSPS) is 24.9. The zero-order valence-electron chi connectivity index (χ0n) is 7.46. The van der Waals surface area contributed by atoms with E-state index in [-0.39, 0.29) is 0 Å². The molecule has 0 amide bonds. The van der Waals surface area contributed by atoms with E-state index in [1.165, 1.54) is 24.1 Å². The van der Waals surface area contributed by atoms with Gasteiger partial charge >= 0.3 is 0 Å². The molecule has 2 nitrogen and oxygen atoms in total. The number of aromatic nitrogens is 2. The quantitative estimate of drug-likeness (QED) is 0.598. The molecule has 2 heteroatoms. The molecule has 0 radical (unpaired) electrons. The topological polar surface area (TPSA) is 28.7 Å². The Hall–Kier alpha value is -1.31. The molecule has 3 rings (SSSR count). The molecule has 2 aliphatic rings. The maximum atomic E-state index is 4.07. The first-order valence-electron chi connectivity index (χ1n) is 4.83. The van der Waals surface area contributed by atoms with Crippen molar-refractivity contribution in [3.63, 3.8) is 0 Å². The smallest absolute Gasteiger partial charge is 0.0609 e. The molecule has 0 saturated carbocycles. The molecule has 0 spiro atoms. The monoisotopic (exact) mass is 172 g/mol. The zero-order valence-corrected chi connectivity index (χ0v) is 7.46. The second-order valence-electron chi connectivity index (χ2n) is 3.81. The van der Waals surface area contributed by atoms with E-state index in [2.05, 4.69) is 28.4 Å². The molecule has 0 saturated heterocycles. The Labute approximate surface area is 77.4 Å². The van der Waals surface area contributed by atoms with E-state index in [9.17, 15) is 0 Å². The van der Waals surface area contributed by atoms with Crippen molar-refractivity contribution in [2.24, 2.45) is 5.92 Å². The Bertz CT molecular complexity index is 385. The first-order valence-corrected chi connectivity index (χ1v) is 4.83. The Morgan fingerprint density at radius 1 is 1.46 bits per heavy atom. The van der Waals surface area contributed by atoms with Gasteiger partial charge in [-0.1, -0.05) is 17.7 Å². The summed E-state index contributed by atoms with van der Waals surface area (Å²) in [6.45, 7) is 0. The molecule has 1 aromatic rings. The summed E-state index contributed by atoms with van der Waals surface area (Å²) in [6, 6.07) is 0. The maximum Gasteiger partial charge on any atom is 0.0609 e. The van der Waals surface area contributed by atoms with E-state index in [4.69, 9.17) is 0 Å². The highest BCUT2D eigenvalue weighted by Crippen LogP contribution is 2.33. The molecule has 66 valence electrons. The van der Waals surface area contributed by atoms with Crippen LogP contribution in [0.15, 0.2) is 23.9 Å². The molecule has 0 bridgehead atoms. The number of nitrogens with one attached hydrogen (secondary N) is 1. The molecule has 1 N–H and O–H groups in total. The van der Waals surface area contributed by atoms with Crippen LogP contribution >= 0.6 is 0 Å². The lowest BCUT2D eigenvalue weighted by Gasteiger charge is -2.23. The van der Waals surface area contributed by atoms with E-state index >= 15 is 0 Å². The van der Waals surface area contributed by atoms with Crippen LogP contribution in [-0.4, -0.2) is 10.2 Å². The predicted octanol–water partition coefficient (Wildman–Crippen LogP) is 2.32. The van der Waals surface area contributed by atoms with Crippen LogP contribution < -0.4 is 0 Å². The number of fused-ring (bicyclic) bond motifs is 2. The Morgan fingerprint density at radius 2 is 2.46 bits per heavy atom. The number of hydrogen-bond acceptors (Lipinski definition) is 1. The van der Waals surface area contributed by atoms with Crippen molar-refractivity contribution in [3.8, 4) is 0 Å². The summed E-state index contributed by atoms with van der Waals surface area (Å²) in [5.41, 5.74) is 4.15. The average Bonchev–Trinajstić information content (AvgIpc) is 2.61. The van der Waals surface area contributed by atoms with Gasteiger partial charge in [-0.05, 0) is 30.9 Å². The van der Waals surface area contributed by atoms with E-state index in [0.717, 1.165) is 6.42 Å². The predicted molar refractivity (Wildman–Crippen MR) is 52.1 cm³/mol. The van der Waals surface area contributed by atoms with Crippen molar-refractivity contribution >= 4 is 6.08 Å². The van der Waals surface area contributed by atoms with Crippen LogP contribution in [0.25, 0.3) is 6.08 Å². The van der Waals surface area contributed by atoms with E-state index in [1.54, 1.807) is 5.57 Å². The van der Waals surface area contributed by atoms with Gasteiger partial charge in [0.05, 0.1) is 11.9 Å². The first kappa shape index (κ1) is 7.13. The number of H-pyrrole nitrogens is 1. The number of allylic oxidation sites excluding steroid dienone is 3. The van der Waals surface area contributed by atoms with Gasteiger partial charge < -0.3 is 0 Å². The van der Waals surface area contributed by atoms with Crippen LogP contribution in [0.2, 0.25) is 0 Å². The van der Waals surface area contributed by atoms with E-state index < -0.39 is 0 Å². The SMILES string of the molecule is C1=CC2Cc3cn[nH]c3C=C2CC1. The first-order chi connectivity index (χ1) is 6.43. The third-order valence-corrected chi connectivity index (χ3v) is 2.97. The standard InChI is InChI=1S/C11H12N2/c1-2-4-9-6-11-10(7-12-13-11)5-8(9)3-1/h1,3,6-8H,2,4-5H2,(H,12,13). The van der Waals surface area contributed by atoms with Gasteiger partial charge in [0, 0.05) is 5.92 Å². The molecule has 1 atom stereocenters. The molecular weight excluding hydrogens is 160 g/mol. The summed E-state index contributed by atoms with van der Waals surface area (Å²) >= 11 is 0. The van der Waals surface area contributed by atoms with Crippen molar-refractivity contribution < 1.29 is 0 Å². The molecule has 0 fully saturated rings. The number of rotatable bonds is 0. The molecular formula is C11H12N2. The molecule has 1 heterocycles. The zero-order chi connectivity index (χ0) is 8.67. The fraction of sp³-hybridized carbons (Fsp3) is 0.364. The van der Waals surface area contributed by atoms with Crippen LogP contribution in [0.4, 0.5) is 0 Å². The van der Waals surface area contributed by atoms with Crippen LogP contribution in [0.1, 0.15) is 24.1 Å². The van der Waals surface area contributed by atoms with Gasteiger partial charge in [-0.3, -0.25) is 5.10 Å². The number of nitrogens with zero attached hydrogens (tertiary/aromatic N) is 1. The summed E-state index contributed by atoms with van der Waals surface area (Å²) in [5, 5.41) is 7.11. The van der Waals surface area contributed by atoms with Gasteiger partial charge in [0.15, 0.2) is 0 Å². The molecule has 0 aliphatic heterocycles. The summed E-state index contributed by atoms with van der Waals surface area (Å²) in [4.78, 5) is 0. The fourth-order valence-corrected chi connectivity index (χ4v) is 2.23. The summed E-state index contributed by atoms with van der Waals surface area (Å²) in [6.07, 6.45) is 12.4. The minimum absolute atomic E-state index is 0.652. The van der Waals surface area contributed by atoms with E-state index in [0.29, 0.717) is 5.92 Å². The van der Waals surface area contributed by atoms with Crippen molar-refractivity contribution in [1.29, 1.82) is 0 Å². The number of aromatic amines is 1. The fourth-order valence-electron chi connectivity index (χ4n) is 2.23. The third-order valence-electron chi connectivity index (χ3n) is 2.97. The highest BCUT2D eigenvalue weighted by Gasteiger charge is 2.21. The van der Waals surface area contributed by atoms with Gasteiger partial charge in [-0.25, -0.2) is 0 Å². The Kier molecular flexibility index (Phi) is 1.42. The lowest BCUT2D eigenvalue weighted by Crippen LogP contribution is -2.12. The molecule has 0 aromatic carbocycles. The highest BCUT2D eigenvalue weighted by molar-refractivity contribution is 5.57. The minimum Gasteiger partial charge on any atom is -0.278 e. The molecule has 13 heavy (non-hydrogen) atoms. The van der Waals surface area contributed by atoms with Crippen molar-refractivity contribution in [3.05, 3.63) is 35.2 Å². The Morgan fingerprint density at radius 3 is 3.46 bits per heavy atom. The molecule has 2 aliphatic carbocycles. The Balaban J connectivity index is 2.08. The molecule has 1 unspecified atom stereocenters. The van der Waals surface area contributed by atoms with Crippen LogP contribution in [0, 0.1) is 5.92 Å². The lowest BCUT2D eigenvalue weighted by molar-refractivity contribution is 0.675. The second kappa shape index (κ2) is 2.59. The number of hydrogen-bond donors (Lipinski definition) is 1.